The zero-order valence-electron chi connectivity index (χ0n) is 28.0. The zero-order chi connectivity index (χ0) is 35.7. The molecule has 10 nitrogen and oxygen atoms in total. The molecule has 0 saturated heterocycles. The van der Waals surface area contributed by atoms with Crippen LogP contribution in [0.1, 0.15) is 22.8 Å². The molecular formula is C40H34N4O6S. The summed E-state index contributed by atoms with van der Waals surface area (Å²) in [5, 5.41) is 8.11. The van der Waals surface area contributed by atoms with Crippen molar-refractivity contribution in [3.63, 3.8) is 0 Å². The van der Waals surface area contributed by atoms with E-state index in [-0.39, 0.29) is 11.6 Å². The van der Waals surface area contributed by atoms with Gasteiger partial charge in [0, 0.05) is 27.4 Å². The van der Waals surface area contributed by atoms with Gasteiger partial charge in [-0.25, -0.2) is 4.98 Å². The number of nitrogens with zero attached hydrogens (tertiary/aromatic N) is 1. The van der Waals surface area contributed by atoms with Gasteiger partial charge >= 0.3 is 0 Å². The van der Waals surface area contributed by atoms with E-state index < -0.39 is 17.1 Å². The summed E-state index contributed by atoms with van der Waals surface area (Å²) in [6.45, 7) is 1.81. The summed E-state index contributed by atoms with van der Waals surface area (Å²) in [7, 11) is 3.05. The fourth-order valence-corrected chi connectivity index (χ4v) is 6.02. The first kappa shape index (κ1) is 34.5. The van der Waals surface area contributed by atoms with Crippen LogP contribution in [0.15, 0.2) is 136 Å². The Hall–Kier alpha value is -6.33. The molecule has 1 unspecified atom stereocenters. The van der Waals surface area contributed by atoms with Crippen LogP contribution in [0.3, 0.4) is 0 Å². The lowest BCUT2D eigenvalue weighted by atomic mass is 10.1. The molecule has 256 valence electrons. The van der Waals surface area contributed by atoms with E-state index in [1.807, 2.05) is 42.5 Å². The molecule has 51 heavy (non-hydrogen) atoms. The first-order valence-corrected chi connectivity index (χ1v) is 16.8. The van der Waals surface area contributed by atoms with Crippen molar-refractivity contribution in [2.45, 2.75) is 17.1 Å². The lowest BCUT2D eigenvalue weighted by molar-refractivity contribution is -0.115. The van der Waals surface area contributed by atoms with Crippen molar-refractivity contribution in [1.82, 2.24) is 10.3 Å². The van der Waals surface area contributed by atoms with Crippen LogP contribution in [0.25, 0.3) is 28.6 Å². The largest absolute Gasteiger partial charge is 0.493 e. The summed E-state index contributed by atoms with van der Waals surface area (Å²) in [5.41, 5.74) is 4.43. The Labute approximate surface area is 298 Å². The van der Waals surface area contributed by atoms with Crippen molar-refractivity contribution in [3.05, 3.63) is 138 Å². The molecule has 0 aliphatic carbocycles. The minimum Gasteiger partial charge on any atom is -0.493 e. The zero-order valence-corrected chi connectivity index (χ0v) is 28.8. The van der Waals surface area contributed by atoms with E-state index in [1.54, 1.807) is 91.9 Å². The average Bonchev–Trinajstić information content (AvgIpc) is 3.60. The number of hydrogen-bond donors (Lipinski definition) is 3. The van der Waals surface area contributed by atoms with Crippen LogP contribution >= 0.6 is 11.8 Å². The second-order valence-electron chi connectivity index (χ2n) is 11.3. The number of rotatable bonds is 12. The molecule has 5 aromatic carbocycles. The maximum Gasteiger partial charge on any atom is 0.272 e. The molecule has 0 radical (unpaired) electrons. The molecule has 1 aromatic heterocycles. The lowest BCUT2D eigenvalue weighted by Crippen LogP contribution is -2.30. The minimum absolute atomic E-state index is 0.0176. The number of aromatic nitrogens is 1. The van der Waals surface area contributed by atoms with Gasteiger partial charge in [-0.15, -0.1) is 11.8 Å². The van der Waals surface area contributed by atoms with Crippen LogP contribution in [-0.4, -0.2) is 42.2 Å². The maximum atomic E-state index is 13.6. The van der Waals surface area contributed by atoms with Gasteiger partial charge in [-0.3, -0.25) is 14.4 Å². The Morgan fingerprint density at radius 3 is 2.25 bits per heavy atom. The fraction of sp³-hybridized carbons (Fsp3) is 0.100. The fourth-order valence-electron chi connectivity index (χ4n) is 5.09. The second kappa shape index (κ2) is 15.9. The van der Waals surface area contributed by atoms with Gasteiger partial charge in [-0.2, -0.15) is 0 Å². The predicted molar refractivity (Wildman–Crippen MR) is 200 cm³/mol. The normalized spacial score (nSPS) is 11.8. The number of benzene rings is 5. The third-order valence-corrected chi connectivity index (χ3v) is 8.81. The van der Waals surface area contributed by atoms with Gasteiger partial charge in [-0.05, 0) is 97.4 Å². The van der Waals surface area contributed by atoms with E-state index in [4.69, 9.17) is 13.9 Å². The Bertz CT molecular complexity index is 2180. The Morgan fingerprint density at radius 2 is 1.51 bits per heavy atom. The number of carbonyl (C=O) groups excluding carboxylic acids is 3. The van der Waals surface area contributed by atoms with Crippen molar-refractivity contribution in [1.29, 1.82) is 0 Å². The Morgan fingerprint density at radius 1 is 0.765 bits per heavy atom. The van der Waals surface area contributed by atoms with E-state index in [0.717, 1.165) is 16.0 Å². The third kappa shape index (κ3) is 8.64. The number of fused-ring (bicyclic) bond motifs is 1. The highest BCUT2D eigenvalue weighted by Crippen LogP contribution is 2.30. The van der Waals surface area contributed by atoms with Crippen LogP contribution < -0.4 is 25.4 Å². The maximum absolute atomic E-state index is 13.6. The summed E-state index contributed by atoms with van der Waals surface area (Å²) in [6, 6.07) is 35.8. The second-order valence-corrected chi connectivity index (χ2v) is 12.7. The minimum atomic E-state index is -0.539. The number of oxazole rings is 1. The molecule has 6 aromatic rings. The number of methoxy groups -OCH3 is 2. The first-order valence-electron chi connectivity index (χ1n) is 15.9. The van der Waals surface area contributed by atoms with Crippen LogP contribution in [0.4, 0.5) is 11.4 Å². The van der Waals surface area contributed by atoms with Gasteiger partial charge < -0.3 is 29.8 Å². The first-order chi connectivity index (χ1) is 24.8. The Kier molecular flexibility index (Phi) is 10.8. The van der Waals surface area contributed by atoms with Gasteiger partial charge in [0.2, 0.25) is 11.8 Å². The number of hydrogen-bond acceptors (Lipinski definition) is 8. The summed E-state index contributed by atoms with van der Waals surface area (Å²) in [4.78, 5) is 45.1. The molecule has 11 heteroatoms. The van der Waals surface area contributed by atoms with Crippen molar-refractivity contribution < 1.29 is 28.3 Å². The lowest BCUT2D eigenvalue weighted by Gasteiger charge is -2.14. The number of thioether (sulfide) groups is 1. The number of anilines is 2. The van der Waals surface area contributed by atoms with Crippen molar-refractivity contribution in [2.75, 3.05) is 24.9 Å². The van der Waals surface area contributed by atoms with E-state index in [1.165, 1.54) is 26.0 Å². The number of nitrogens with one attached hydrogen (secondary N) is 3. The SMILES string of the molecule is COc1ccc(/C=C(/NC(=O)c2ccccc2)C(=O)Nc2cccc(SC(C)C(=O)Nc3ccc(-c4nc5ccccc5o4)cc3)c2)cc1OC. The van der Waals surface area contributed by atoms with Crippen molar-refractivity contribution in [2.24, 2.45) is 0 Å². The standard InChI is InChI=1S/C40H34N4O6S/c1-25(37(45)41-29-19-17-28(18-20-29)40-44-32-14-7-8-15-34(32)50-40)51-31-13-9-12-30(24-31)42-39(47)33(43-38(46)27-10-5-4-6-11-27)22-26-16-21-35(48-2)36(23-26)49-3/h4-25H,1-3H3,(H,41,45)(H,42,47)(H,43,46)/b33-22+. The molecule has 0 bridgehead atoms. The van der Waals surface area contributed by atoms with E-state index >= 15 is 0 Å². The molecule has 0 fully saturated rings. The number of carbonyl (C=O) groups is 3. The molecule has 3 amide bonds. The Balaban J connectivity index is 1.12. The van der Waals surface area contributed by atoms with Gasteiger partial charge in [0.1, 0.15) is 11.2 Å². The van der Waals surface area contributed by atoms with E-state index in [0.29, 0.717) is 45.5 Å². The molecule has 0 aliphatic rings. The molecule has 0 aliphatic heterocycles. The molecule has 3 N–H and O–H groups in total. The van der Waals surface area contributed by atoms with Gasteiger partial charge in [0.15, 0.2) is 17.1 Å². The van der Waals surface area contributed by atoms with Gasteiger partial charge in [-0.1, -0.05) is 42.5 Å². The van der Waals surface area contributed by atoms with E-state index in [9.17, 15) is 14.4 Å². The van der Waals surface area contributed by atoms with Crippen LogP contribution in [-0.2, 0) is 9.59 Å². The van der Waals surface area contributed by atoms with Crippen LogP contribution in [0.5, 0.6) is 11.5 Å². The molecule has 0 saturated carbocycles. The molecular weight excluding hydrogens is 665 g/mol. The van der Waals surface area contributed by atoms with Crippen molar-refractivity contribution in [3.8, 4) is 23.0 Å². The topological polar surface area (TPSA) is 132 Å². The highest BCUT2D eigenvalue weighted by molar-refractivity contribution is 8.00. The summed E-state index contributed by atoms with van der Waals surface area (Å²) < 4.78 is 16.6. The van der Waals surface area contributed by atoms with Crippen molar-refractivity contribution >= 4 is 58.0 Å². The molecule has 1 heterocycles. The predicted octanol–water partition coefficient (Wildman–Crippen LogP) is 8.04. The van der Waals surface area contributed by atoms with Crippen LogP contribution in [0.2, 0.25) is 0 Å². The number of ether oxygens (including phenoxy) is 2. The highest BCUT2D eigenvalue weighted by Gasteiger charge is 2.18. The number of amides is 3. The summed E-state index contributed by atoms with van der Waals surface area (Å²) >= 11 is 1.34. The molecule has 6 rings (SSSR count). The average molecular weight is 699 g/mol. The molecule has 1 atom stereocenters. The summed E-state index contributed by atoms with van der Waals surface area (Å²) in [6.07, 6.45) is 1.56. The van der Waals surface area contributed by atoms with E-state index in [2.05, 4.69) is 20.9 Å². The van der Waals surface area contributed by atoms with Gasteiger partial charge in [0.05, 0.1) is 19.5 Å². The third-order valence-electron chi connectivity index (χ3n) is 7.71. The van der Waals surface area contributed by atoms with Crippen LogP contribution in [0, 0.1) is 0 Å². The molecule has 0 spiro atoms. The number of para-hydroxylation sites is 2. The summed E-state index contributed by atoms with van der Waals surface area (Å²) in [5.74, 6) is 0.339. The smallest absolute Gasteiger partial charge is 0.272 e. The highest BCUT2D eigenvalue weighted by atomic mass is 32.2. The van der Waals surface area contributed by atoms with Gasteiger partial charge in [0.25, 0.3) is 11.8 Å². The quantitative estimate of drug-likeness (QED) is 0.0865. The monoisotopic (exact) mass is 698 g/mol.